The zero-order valence-corrected chi connectivity index (χ0v) is 9.00. The van der Waals surface area contributed by atoms with E-state index in [1.54, 1.807) is 0 Å². The van der Waals surface area contributed by atoms with Crippen LogP contribution in [-0.2, 0) is 4.74 Å². The molecule has 1 atom stereocenters. The predicted molar refractivity (Wildman–Crippen MR) is 55.8 cm³/mol. The zero-order valence-electron chi connectivity index (χ0n) is 9.00. The van der Waals surface area contributed by atoms with Crippen LogP contribution in [0.5, 0.6) is 0 Å². The maximum absolute atomic E-state index is 5.63. The molecule has 0 heterocycles. The van der Waals surface area contributed by atoms with E-state index in [1.807, 2.05) is 27.7 Å². The smallest absolute Gasteiger partial charge is 0.189 e. The number of guanidine groups is 1. The van der Waals surface area contributed by atoms with Crippen molar-refractivity contribution in [2.24, 2.45) is 10.7 Å². The van der Waals surface area contributed by atoms with Gasteiger partial charge in [0.1, 0.15) is 0 Å². The fraction of sp³-hybridized carbons (Fsp3) is 0.889. The Morgan fingerprint density at radius 1 is 1.46 bits per heavy atom. The van der Waals surface area contributed by atoms with Gasteiger partial charge >= 0.3 is 0 Å². The Bertz CT molecular complexity index is 157. The lowest BCUT2D eigenvalue weighted by atomic mass is 10.4. The van der Waals surface area contributed by atoms with Crippen molar-refractivity contribution < 1.29 is 4.74 Å². The number of hydrogen-bond donors (Lipinski definition) is 2. The largest absolute Gasteiger partial charge is 0.380 e. The summed E-state index contributed by atoms with van der Waals surface area (Å²) in [5.74, 6) is 0.488. The Hall–Kier alpha value is -0.770. The van der Waals surface area contributed by atoms with Crippen LogP contribution in [0.1, 0.15) is 27.7 Å². The molecule has 0 saturated heterocycles. The second-order valence-electron chi connectivity index (χ2n) is 3.32. The maximum atomic E-state index is 5.63. The lowest BCUT2D eigenvalue weighted by Gasteiger charge is -2.11. The number of hydrogen-bond acceptors (Lipinski definition) is 2. The van der Waals surface area contributed by atoms with E-state index in [9.17, 15) is 0 Å². The number of nitrogens with two attached hydrogens (primary N) is 1. The van der Waals surface area contributed by atoms with Crippen LogP contribution in [0.4, 0.5) is 0 Å². The molecule has 0 aromatic rings. The Morgan fingerprint density at radius 3 is 2.54 bits per heavy atom. The summed E-state index contributed by atoms with van der Waals surface area (Å²) in [5.41, 5.74) is 5.63. The molecule has 13 heavy (non-hydrogen) atoms. The Kier molecular flexibility index (Phi) is 6.32. The van der Waals surface area contributed by atoms with Crippen LogP contribution in [0, 0.1) is 0 Å². The molecule has 0 saturated carbocycles. The first-order valence-electron chi connectivity index (χ1n) is 4.73. The first kappa shape index (κ1) is 12.2. The van der Waals surface area contributed by atoms with Crippen molar-refractivity contribution in [3.63, 3.8) is 0 Å². The molecule has 0 bridgehead atoms. The van der Waals surface area contributed by atoms with Gasteiger partial charge in [-0.1, -0.05) is 0 Å². The average Bonchev–Trinajstić information content (AvgIpc) is 1.98. The first-order chi connectivity index (χ1) is 6.06. The van der Waals surface area contributed by atoms with Crippen molar-refractivity contribution in [3.05, 3.63) is 0 Å². The summed E-state index contributed by atoms with van der Waals surface area (Å²) in [6.45, 7) is 9.33. The molecule has 0 aliphatic rings. The van der Waals surface area contributed by atoms with E-state index in [-0.39, 0.29) is 6.04 Å². The number of aliphatic imine (C=N–C) groups is 1. The van der Waals surface area contributed by atoms with E-state index in [1.165, 1.54) is 0 Å². The lowest BCUT2D eigenvalue weighted by Crippen LogP contribution is -2.37. The van der Waals surface area contributed by atoms with Crippen molar-refractivity contribution in [2.45, 2.75) is 39.8 Å². The average molecular weight is 187 g/mol. The number of rotatable bonds is 5. The van der Waals surface area contributed by atoms with Gasteiger partial charge in [-0.2, -0.15) is 0 Å². The third-order valence-corrected chi connectivity index (χ3v) is 1.36. The molecular weight excluding hydrogens is 166 g/mol. The van der Waals surface area contributed by atoms with Gasteiger partial charge in [0.05, 0.1) is 12.6 Å². The lowest BCUT2D eigenvalue weighted by molar-refractivity contribution is 0.137. The van der Waals surface area contributed by atoms with Gasteiger partial charge in [0.2, 0.25) is 0 Å². The van der Waals surface area contributed by atoms with Crippen molar-refractivity contribution in [3.8, 4) is 0 Å². The van der Waals surface area contributed by atoms with E-state index < -0.39 is 0 Å². The summed E-state index contributed by atoms with van der Waals surface area (Å²) in [5, 5.41) is 3.02. The molecule has 3 N–H and O–H groups in total. The maximum Gasteiger partial charge on any atom is 0.189 e. The summed E-state index contributed by atoms with van der Waals surface area (Å²) < 4.78 is 5.21. The fourth-order valence-corrected chi connectivity index (χ4v) is 0.896. The van der Waals surface area contributed by atoms with Crippen molar-refractivity contribution in [2.75, 3.05) is 13.2 Å². The molecule has 1 unspecified atom stereocenters. The topological polar surface area (TPSA) is 59.6 Å². The second kappa shape index (κ2) is 6.71. The van der Waals surface area contributed by atoms with Crippen LogP contribution in [0.3, 0.4) is 0 Å². The molecule has 4 heteroatoms. The van der Waals surface area contributed by atoms with Crippen LogP contribution in [0.15, 0.2) is 4.99 Å². The number of nitrogens with zero attached hydrogens (tertiary/aromatic N) is 1. The van der Waals surface area contributed by atoms with E-state index in [4.69, 9.17) is 10.5 Å². The molecule has 4 nitrogen and oxygen atoms in total. The first-order valence-corrected chi connectivity index (χ1v) is 4.73. The Labute approximate surface area is 80.6 Å². The minimum absolute atomic E-state index is 0.117. The fourth-order valence-electron chi connectivity index (χ4n) is 0.896. The van der Waals surface area contributed by atoms with Gasteiger partial charge in [-0.15, -0.1) is 0 Å². The molecule has 0 fully saturated rings. The van der Waals surface area contributed by atoms with E-state index >= 15 is 0 Å². The highest BCUT2D eigenvalue weighted by Gasteiger charge is 2.00. The number of nitrogens with one attached hydrogen (secondary N) is 1. The standard InChI is InChI=1S/C9H21N3O/c1-5-13-6-8(4)12-9(10)11-7(2)3/h7-8H,5-6H2,1-4H3,(H3,10,11,12). The van der Waals surface area contributed by atoms with Gasteiger partial charge in [0.15, 0.2) is 5.96 Å². The number of ether oxygens (including phenoxy) is 1. The van der Waals surface area contributed by atoms with E-state index in [0.29, 0.717) is 18.6 Å². The minimum Gasteiger partial charge on any atom is -0.380 e. The van der Waals surface area contributed by atoms with Gasteiger partial charge in [-0.25, -0.2) is 4.99 Å². The molecule has 0 aromatic heterocycles. The minimum atomic E-state index is 0.117. The van der Waals surface area contributed by atoms with Crippen LogP contribution in [0.2, 0.25) is 0 Å². The van der Waals surface area contributed by atoms with Crippen molar-refractivity contribution >= 4 is 5.96 Å². The quantitative estimate of drug-likeness (QED) is 0.492. The molecule has 0 rings (SSSR count). The van der Waals surface area contributed by atoms with Gasteiger partial charge < -0.3 is 15.8 Å². The van der Waals surface area contributed by atoms with Crippen LogP contribution >= 0.6 is 0 Å². The van der Waals surface area contributed by atoms with Crippen molar-refractivity contribution in [1.29, 1.82) is 0 Å². The highest BCUT2D eigenvalue weighted by Crippen LogP contribution is 1.90. The normalized spacial score (nSPS) is 14.7. The highest BCUT2D eigenvalue weighted by molar-refractivity contribution is 5.78. The predicted octanol–water partition coefficient (Wildman–Crippen LogP) is 0.724. The van der Waals surface area contributed by atoms with Gasteiger partial charge in [0.25, 0.3) is 0 Å². The van der Waals surface area contributed by atoms with E-state index in [0.717, 1.165) is 6.61 Å². The zero-order chi connectivity index (χ0) is 10.3. The highest BCUT2D eigenvalue weighted by atomic mass is 16.5. The SMILES string of the molecule is CCOCC(C)N=C(N)NC(C)C. The second-order valence-corrected chi connectivity index (χ2v) is 3.32. The summed E-state index contributed by atoms with van der Waals surface area (Å²) in [7, 11) is 0. The van der Waals surface area contributed by atoms with Crippen LogP contribution in [0.25, 0.3) is 0 Å². The molecule has 0 aliphatic carbocycles. The molecule has 0 amide bonds. The van der Waals surface area contributed by atoms with Gasteiger partial charge in [-0.3, -0.25) is 0 Å². The molecule has 78 valence electrons. The summed E-state index contributed by atoms with van der Waals surface area (Å²) >= 11 is 0. The van der Waals surface area contributed by atoms with E-state index in [2.05, 4.69) is 10.3 Å². The molecule has 0 aliphatic heterocycles. The van der Waals surface area contributed by atoms with Gasteiger partial charge in [0, 0.05) is 12.6 Å². The Morgan fingerprint density at radius 2 is 2.08 bits per heavy atom. The third-order valence-electron chi connectivity index (χ3n) is 1.36. The van der Waals surface area contributed by atoms with Gasteiger partial charge in [-0.05, 0) is 27.7 Å². The third kappa shape index (κ3) is 7.59. The monoisotopic (exact) mass is 187 g/mol. The Balaban J connectivity index is 3.76. The molecule has 0 spiro atoms. The summed E-state index contributed by atoms with van der Waals surface area (Å²) in [4.78, 5) is 4.21. The summed E-state index contributed by atoms with van der Waals surface area (Å²) in [6.07, 6.45) is 0. The van der Waals surface area contributed by atoms with Crippen LogP contribution in [-0.4, -0.2) is 31.3 Å². The van der Waals surface area contributed by atoms with Crippen molar-refractivity contribution in [1.82, 2.24) is 5.32 Å². The van der Waals surface area contributed by atoms with Crippen LogP contribution < -0.4 is 11.1 Å². The summed E-state index contributed by atoms with van der Waals surface area (Å²) in [6, 6.07) is 0.439. The molecular formula is C9H21N3O. The molecule has 0 aromatic carbocycles. The molecule has 0 radical (unpaired) electrons.